The lowest BCUT2D eigenvalue weighted by molar-refractivity contribution is 0.0527. The number of hydrogen-bond acceptors (Lipinski definition) is 8. The van der Waals surface area contributed by atoms with E-state index in [9.17, 15) is 9.59 Å². The van der Waals surface area contributed by atoms with Gasteiger partial charge in [-0.05, 0) is 44.6 Å². The summed E-state index contributed by atoms with van der Waals surface area (Å²) in [7, 11) is 0. The second-order valence-corrected chi connectivity index (χ2v) is 8.65. The maximum atomic E-state index is 13.1. The Labute approximate surface area is 169 Å². The average molecular weight is 418 g/mol. The summed E-state index contributed by atoms with van der Waals surface area (Å²) in [5.41, 5.74) is 3.49. The molecule has 3 aromatic rings. The molecule has 0 saturated heterocycles. The number of fused-ring (bicyclic) bond motifs is 2. The van der Waals surface area contributed by atoms with Crippen molar-refractivity contribution in [1.29, 1.82) is 0 Å². The number of hydrogen-bond donors (Lipinski definition) is 1. The Kier molecular flexibility index (Phi) is 5.11. The molecule has 3 aromatic heterocycles. The predicted molar refractivity (Wildman–Crippen MR) is 109 cm³/mol. The molecule has 7 nitrogen and oxygen atoms in total. The first-order valence-corrected chi connectivity index (χ1v) is 10.9. The predicted octanol–water partition coefficient (Wildman–Crippen LogP) is 4.12. The van der Waals surface area contributed by atoms with Gasteiger partial charge in [0.1, 0.15) is 5.00 Å². The van der Waals surface area contributed by atoms with Crippen molar-refractivity contribution in [2.24, 2.45) is 0 Å². The standard InChI is InChI=1S/C19H19N3O4S2/c1-4-25-19(24)15-11-5-6-27-8-13(11)28-18(15)21-16(23)12-7-9(2)20-17-14(12)10(3)22-26-17/h7H,4-6,8H2,1-3H3,(H,21,23). The number of carbonyl (C=O) groups is 2. The molecule has 4 heterocycles. The van der Waals surface area contributed by atoms with Crippen LogP contribution in [-0.2, 0) is 16.9 Å². The molecule has 28 heavy (non-hydrogen) atoms. The van der Waals surface area contributed by atoms with Crippen LogP contribution in [0.3, 0.4) is 0 Å². The molecule has 0 unspecified atom stereocenters. The molecule has 1 amide bonds. The van der Waals surface area contributed by atoms with Gasteiger partial charge in [-0.25, -0.2) is 9.78 Å². The van der Waals surface area contributed by atoms with Crippen molar-refractivity contribution in [2.75, 3.05) is 17.7 Å². The highest BCUT2D eigenvalue weighted by atomic mass is 32.2. The fraction of sp³-hybridized carbons (Fsp3) is 0.368. The zero-order valence-corrected chi connectivity index (χ0v) is 17.4. The number of aromatic nitrogens is 2. The van der Waals surface area contributed by atoms with Gasteiger partial charge in [0.15, 0.2) is 0 Å². The number of ether oxygens (including phenoxy) is 1. The summed E-state index contributed by atoms with van der Waals surface area (Å²) in [5, 5.41) is 7.97. The molecule has 0 spiro atoms. The summed E-state index contributed by atoms with van der Waals surface area (Å²) in [5.74, 6) is 1.08. The lowest BCUT2D eigenvalue weighted by Crippen LogP contribution is -2.16. The summed E-state index contributed by atoms with van der Waals surface area (Å²) in [6.07, 6.45) is 0.796. The topological polar surface area (TPSA) is 94.3 Å². The molecule has 0 radical (unpaired) electrons. The summed E-state index contributed by atoms with van der Waals surface area (Å²) in [6, 6.07) is 1.70. The number of nitrogens with zero attached hydrogens (tertiary/aromatic N) is 2. The van der Waals surface area contributed by atoms with Crippen LogP contribution in [0.5, 0.6) is 0 Å². The van der Waals surface area contributed by atoms with Crippen molar-refractivity contribution in [3.8, 4) is 0 Å². The number of esters is 1. The number of nitrogens with one attached hydrogen (secondary N) is 1. The van der Waals surface area contributed by atoms with E-state index in [1.807, 2.05) is 11.8 Å². The number of aryl methyl sites for hydroxylation is 2. The normalized spacial score (nSPS) is 13.4. The van der Waals surface area contributed by atoms with Crippen LogP contribution in [0.4, 0.5) is 5.00 Å². The zero-order valence-electron chi connectivity index (χ0n) is 15.7. The minimum Gasteiger partial charge on any atom is -0.462 e. The lowest BCUT2D eigenvalue weighted by atomic mass is 10.1. The van der Waals surface area contributed by atoms with E-state index in [0.29, 0.717) is 38.6 Å². The van der Waals surface area contributed by atoms with Gasteiger partial charge in [-0.1, -0.05) is 5.16 Å². The SMILES string of the molecule is CCOC(=O)c1c(NC(=O)c2cc(C)nc3onc(C)c23)sc2c1CCSC2. The van der Waals surface area contributed by atoms with Crippen molar-refractivity contribution in [3.05, 3.63) is 39.0 Å². The molecule has 0 saturated carbocycles. The second-order valence-electron chi connectivity index (χ2n) is 6.44. The third-order valence-electron chi connectivity index (χ3n) is 4.52. The van der Waals surface area contributed by atoms with Crippen molar-refractivity contribution < 1.29 is 18.8 Å². The first kappa shape index (κ1) is 18.9. The molecule has 0 fully saturated rings. The van der Waals surface area contributed by atoms with Crippen LogP contribution < -0.4 is 5.32 Å². The maximum absolute atomic E-state index is 13.1. The van der Waals surface area contributed by atoms with Crippen LogP contribution in [-0.4, -0.2) is 34.4 Å². The van der Waals surface area contributed by atoms with Crippen LogP contribution in [0.15, 0.2) is 10.6 Å². The smallest absolute Gasteiger partial charge is 0.341 e. The average Bonchev–Trinajstić information content (AvgIpc) is 3.21. The van der Waals surface area contributed by atoms with E-state index in [0.717, 1.165) is 28.4 Å². The molecule has 146 valence electrons. The fourth-order valence-corrected chi connectivity index (χ4v) is 5.67. The van der Waals surface area contributed by atoms with Gasteiger partial charge in [-0.15, -0.1) is 11.3 Å². The van der Waals surface area contributed by atoms with E-state index in [1.165, 1.54) is 11.3 Å². The minimum absolute atomic E-state index is 0.287. The fourth-order valence-electron chi connectivity index (χ4n) is 3.31. The summed E-state index contributed by atoms with van der Waals surface area (Å²) < 4.78 is 10.5. The van der Waals surface area contributed by atoms with Gasteiger partial charge in [-0.3, -0.25) is 4.79 Å². The molecular formula is C19H19N3O4S2. The number of pyridine rings is 1. The van der Waals surface area contributed by atoms with Gasteiger partial charge in [0.05, 0.1) is 28.8 Å². The van der Waals surface area contributed by atoms with Gasteiger partial charge < -0.3 is 14.6 Å². The Balaban J connectivity index is 1.75. The van der Waals surface area contributed by atoms with Crippen molar-refractivity contribution >= 4 is 51.1 Å². The first-order valence-electron chi connectivity index (χ1n) is 8.94. The Morgan fingerprint density at radius 2 is 2.18 bits per heavy atom. The Morgan fingerprint density at radius 3 is 2.96 bits per heavy atom. The molecular weight excluding hydrogens is 398 g/mol. The third-order valence-corrected chi connectivity index (χ3v) is 6.83. The Bertz CT molecular complexity index is 1090. The van der Waals surface area contributed by atoms with Crippen molar-refractivity contribution in [3.63, 3.8) is 0 Å². The van der Waals surface area contributed by atoms with E-state index in [4.69, 9.17) is 9.26 Å². The van der Waals surface area contributed by atoms with Gasteiger partial charge in [-0.2, -0.15) is 11.8 Å². The number of rotatable bonds is 4. The number of amides is 1. The van der Waals surface area contributed by atoms with Crippen LogP contribution in [0.1, 0.15) is 49.5 Å². The van der Waals surface area contributed by atoms with Gasteiger partial charge in [0, 0.05) is 16.3 Å². The van der Waals surface area contributed by atoms with Gasteiger partial charge in [0.2, 0.25) is 0 Å². The molecule has 1 aliphatic heterocycles. The molecule has 4 rings (SSSR count). The zero-order chi connectivity index (χ0) is 19.8. The molecule has 0 bridgehead atoms. The summed E-state index contributed by atoms with van der Waals surface area (Å²) in [6.45, 7) is 5.62. The largest absolute Gasteiger partial charge is 0.462 e. The van der Waals surface area contributed by atoms with Gasteiger partial charge >= 0.3 is 5.97 Å². The monoisotopic (exact) mass is 417 g/mol. The van der Waals surface area contributed by atoms with E-state index < -0.39 is 0 Å². The first-order chi connectivity index (χ1) is 13.5. The maximum Gasteiger partial charge on any atom is 0.341 e. The quantitative estimate of drug-likeness (QED) is 0.638. The lowest BCUT2D eigenvalue weighted by Gasteiger charge is -2.12. The highest BCUT2D eigenvalue weighted by Crippen LogP contribution is 2.40. The van der Waals surface area contributed by atoms with Crippen LogP contribution in [0.25, 0.3) is 11.1 Å². The molecule has 1 N–H and O–H groups in total. The molecule has 0 aromatic carbocycles. The molecule has 1 aliphatic rings. The van der Waals surface area contributed by atoms with E-state index >= 15 is 0 Å². The number of anilines is 1. The Morgan fingerprint density at radius 1 is 1.36 bits per heavy atom. The number of carbonyl (C=O) groups excluding carboxylic acids is 2. The second kappa shape index (κ2) is 7.56. The van der Waals surface area contributed by atoms with Gasteiger partial charge in [0.25, 0.3) is 11.6 Å². The molecule has 9 heteroatoms. The number of thiophene rings is 1. The van der Waals surface area contributed by atoms with Crippen LogP contribution >= 0.6 is 23.1 Å². The molecule has 0 atom stereocenters. The van der Waals surface area contributed by atoms with Crippen molar-refractivity contribution in [2.45, 2.75) is 32.9 Å². The van der Waals surface area contributed by atoms with E-state index in [2.05, 4.69) is 15.5 Å². The molecule has 0 aliphatic carbocycles. The minimum atomic E-state index is -0.389. The third kappa shape index (κ3) is 3.29. The van der Waals surface area contributed by atoms with Crippen LogP contribution in [0.2, 0.25) is 0 Å². The Hall–Kier alpha value is -2.39. The van der Waals surface area contributed by atoms with E-state index in [1.54, 1.807) is 26.8 Å². The van der Waals surface area contributed by atoms with E-state index in [-0.39, 0.29) is 18.5 Å². The van der Waals surface area contributed by atoms with Crippen LogP contribution in [0, 0.1) is 13.8 Å². The summed E-state index contributed by atoms with van der Waals surface area (Å²) >= 11 is 3.27. The number of thioether (sulfide) groups is 1. The van der Waals surface area contributed by atoms with Crippen molar-refractivity contribution in [1.82, 2.24) is 10.1 Å². The highest BCUT2D eigenvalue weighted by molar-refractivity contribution is 7.98. The highest BCUT2D eigenvalue weighted by Gasteiger charge is 2.28. The summed E-state index contributed by atoms with van der Waals surface area (Å²) in [4.78, 5) is 31.1.